The van der Waals surface area contributed by atoms with Crippen LogP contribution in [0, 0.1) is 12.7 Å². The highest BCUT2D eigenvalue weighted by Gasteiger charge is 2.18. The first kappa shape index (κ1) is 15.5. The molecule has 2 rings (SSSR count). The third-order valence-electron chi connectivity index (χ3n) is 3.27. The molecule has 0 unspecified atom stereocenters. The Morgan fingerprint density at radius 1 is 1.10 bits per heavy atom. The summed E-state index contributed by atoms with van der Waals surface area (Å²) in [4.78, 5) is -0.0829. The predicted molar refractivity (Wildman–Crippen MR) is 82.5 cm³/mol. The summed E-state index contributed by atoms with van der Waals surface area (Å²) < 4.78 is 40.6. The fourth-order valence-electron chi connectivity index (χ4n) is 2.14. The van der Waals surface area contributed by atoms with Gasteiger partial charge in [0.1, 0.15) is 5.82 Å². The molecular formula is C16H18FNO2S. The van der Waals surface area contributed by atoms with Crippen LogP contribution < -0.4 is 4.72 Å². The summed E-state index contributed by atoms with van der Waals surface area (Å²) in [5.74, 6) is -0.401. The van der Waals surface area contributed by atoms with E-state index in [1.54, 1.807) is 0 Å². The molecule has 0 aliphatic rings. The van der Waals surface area contributed by atoms with Crippen LogP contribution in [0.25, 0.3) is 0 Å². The second-order valence-electron chi connectivity index (χ2n) is 5.26. The Balaban J connectivity index is 2.47. The van der Waals surface area contributed by atoms with Crippen LogP contribution in [0.4, 0.5) is 10.1 Å². The highest BCUT2D eigenvalue weighted by Crippen LogP contribution is 2.29. The zero-order valence-corrected chi connectivity index (χ0v) is 13.0. The van der Waals surface area contributed by atoms with Crippen LogP contribution in [-0.4, -0.2) is 8.42 Å². The molecule has 0 bridgehead atoms. The molecule has 0 radical (unpaired) electrons. The van der Waals surface area contributed by atoms with Gasteiger partial charge >= 0.3 is 0 Å². The Morgan fingerprint density at radius 2 is 1.76 bits per heavy atom. The zero-order valence-electron chi connectivity index (χ0n) is 12.2. The van der Waals surface area contributed by atoms with Gasteiger partial charge < -0.3 is 0 Å². The number of anilines is 1. The molecule has 0 spiro atoms. The van der Waals surface area contributed by atoms with E-state index < -0.39 is 15.8 Å². The summed E-state index contributed by atoms with van der Waals surface area (Å²) in [7, 11) is -3.80. The van der Waals surface area contributed by atoms with Crippen molar-refractivity contribution < 1.29 is 12.8 Å². The molecule has 0 fully saturated rings. The van der Waals surface area contributed by atoms with E-state index in [0.717, 1.165) is 17.2 Å². The molecule has 0 saturated heterocycles. The molecule has 21 heavy (non-hydrogen) atoms. The van der Waals surface area contributed by atoms with E-state index >= 15 is 0 Å². The molecule has 1 N–H and O–H groups in total. The minimum atomic E-state index is -3.80. The SMILES string of the molecule is Cc1cccc(C(C)C)c1NS(=O)(=O)c1cccc(F)c1. The average Bonchev–Trinajstić information content (AvgIpc) is 2.40. The van der Waals surface area contributed by atoms with Crippen molar-refractivity contribution >= 4 is 15.7 Å². The Bertz CT molecular complexity index is 755. The van der Waals surface area contributed by atoms with Crippen LogP contribution in [0.1, 0.15) is 30.9 Å². The summed E-state index contributed by atoms with van der Waals surface area (Å²) in [5, 5.41) is 0. The maximum absolute atomic E-state index is 13.2. The summed E-state index contributed by atoms with van der Waals surface area (Å²) in [6.07, 6.45) is 0. The lowest BCUT2D eigenvalue weighted by molar-refractivity contribution is 0.595. The van der Waals surface area contributed by atoms with Crippen LogP contribution in [0.5, 0.6) is 0 Å². The minimum absolute atomic E-state index is 0.0829. The topological polar surface area (TPSA) is 46.2 Å². The van der Waals surface area contributed by atoms with Crippen molar-refractivity contribution in [3.05, 3.63) is 59.4 Å². The van der Waals surface area contributed by atoms with Gasteiger partial charge in [-0.05, 0) is 42.2 Å². The number of benzene rings is 2. The lowest BCUT2D eigenvalue weighted by atomic mass is 9.99. The average molecular weight is 307 g/mol. The van der Waals surface area contributed by atoms with Crippen LogP contribution >= 0.6 is 0 Å². The van der Waals surface area contributed by atoms with Crippen LogP contribution in [0.2, 0.25) is 0 Å². The standard InChI is InChI=1S/C16H18FNO2S/c1-11(2)15-9-4-6-12(3)16(15)18-21(19,20)14-8-5-7-13(17)10-14/h4-11,18H,1-3H3. The Hall–Kier alpha value is -1.88. The normalized spacial score (nSPS) is 11.7. The summed E-state index contributed by atoms with van der Waals surface area (Å²) in [6.45, 7) is 5.83. The van der Waals surface area contributed by atoms with Crippen molar-refractivity contribution in [1.82, 2.24) is 0 Å². The second kappa shape index (κ2) is 5.85. The van der Waals surface area contributed by atoms with Gasteiger partial charge in [-0.25, -0.2) is 12.8 Å². The first-order chi connectivity index (χ1) is 9.81. The lowest BCUT2D eigenvalue weighted by Gasteiger charge is -2.17. The first-order valence-corrected chi connectivity index (χ1v) is 8.17. The fourth-order valence-corrected chi connectivity index (χ4v) is 3.33. The number of nitrogens with one attached hydrogen (secondary N) is 1. The zero-order chi connectivity index (χ0) is 15.6. The van der Waals surface area contributed by atoms with Crippen LogP contribution in [0.15, 0.2) is 47.4 Å². The van der Waals surface area contributed by atoms with Crippen LogP contribution in [0.3, 0.4) is 0 Å². The van der Waals surface area contributed by atoms with Gasteiger partial charge in [0.25, 0.3) is 10.0 Å². The molecule has 0 saturated carbocycles. The maximum Gasteiger partial charge on any atom is 0.262 e. The van der Waals surface area contributed by atoms with Crippen molar-refractivity contribution in [3.8, 4) is 0 Å². The van der Waals surface area contributed by atoms with Gasteiger partial charge in [-0.15, -0.1) is 0 Å². The molecule has 0 aliphatic heterocycles. The van der Waals surface area contributed by atoms with Gasteiger partial charge in [-0.1, -0.05) is 38.1 Å². The quantitative estimate of drug-likeness (QED) is 0.926. The Labute approximate surface area is 124 Å². The molecule has 0 heterocycles. The second-order valence-corrected chi connectivity index (χ2v) is 6.94. The minimum Gasteiger partial charge on any atom is -0.279 e. The van der Waals surface area contributed by atoms with Crippen molar-refractivity contribution in [2.24, 2.45) is 0 Å². The molecule has 112 valence electrons. The molecule has 0 atom stereocenters. The van der Waals surface area contributed by atoms with Gasteiger partial charge in [0.05, 0.1) is 10.6 Å². The van der Waals surface area contributed by atoms with Crippen molar-refractivity contribution in [2.45, 2.75) is 31.6 Å². The fraction of sp³-hybridized carbons (Fsp3) is 0.250. The molecule has 3 nitrogen and oxygen atoms in total. The third-order valence-corrected chi connectivity index (χ3v) is 4.62. The van der Waals surface area contributed by atoms with Gasteiger partial charge in [-0.2, -0.15) is 0 Å². The van der Waals surface area contributed by atoms with Gasteiger partial charge in [0, 0.05) is 0 Å². The van der Waals surface area contributed by atoms with E-state index in [1.807, 2.05) is 39.0 Å². The van der Waals surface area contributed by atoms with E-state index in [1.165, 1.54) is 18.2 Å². The number of rotatable bonds is 4. The predicted octanol–water partition coefficient (Wildman–Crippen LogP) is 4.06. The molecule has 2 aromatic carbocycles. The van der Waals surface area contributed by atoms with Gasteiger partial charge in [0.15, 0.2) is 0 Å². The number of hydrogen-bond donors (Lipinski definition) is 1. The number of sulfonamides is 1. The highest BCUT2D eigenvalue weighted by atomic mass is 32.2. The molecule has 5 heteroatoms. The van der Waals surface area contributed by atoms with Gasteiger partial charge in [-0.3, -0.25) is 4.72 Å². The number of para-hydroxylation sites is 1. The van der Waals surface area contributed by atoms with E-state index in [0.29, 0.717) is 5.69 Å². The highest BCUT2D eigenvalue weighted by molar-refractivity contribution is 7.92. The summed E-state index contributed by atoms with van der Waals surface area (Å²) in [6, 6.07) is 10.6. The number of halogens is 1. The monoisotopic (exact) mass is 307 g/mol. The number of hydrogen-bond acceptors (Lipinski definition) is 2. The summed E-state index contributed by atoms with van der Waals surface area (Å²) in [5.41, 5.74) is 2.31. The largest absolute Gasteiger partial charge is 0.279 e. The number of aryl methyl sites for hydroxylation is 1. The van der Waals surface area contributed by atoms with Crippen LogP contribution in [-0.2, 0) is 10.0 Å². The maximum atomic E-state index is 13.2. The Kier molecular flexibility index (Phi) is 4.32. The molecule has 2 aromatic rings. The first-order valence-electron chi connectivity index (χ1n) is 6.69. The van der Waals surface area contributed by atoms with E-state index in [4.69, 9.17) is 0 Å². The smallest absolute Gasteiger partial charge is 0.262 e. The van der Waals surface area contributed by atoms with E-state index in [9.17, 15) is 12.8 Å². The lowest BCUT2D eigenvalue weighted by Crippen LogP contribution is -2.15. The van der Waals surface area contributed by atoms with Crippen molar-refractivity contribution in [3.63, 3.8) is 0 Å². The summed E-state index contributed by atoms with van der Waals surface area (Å²) >= 11 is 0. The van der Waals surface area contributed by atoms with Gasteiger partial charge in [0.2, 0.25) is 0 Å². The Morgan fingerprint density at radius 3 is 2.38 bits per heavy atom. The molecule has 0 aliphatic carbocycles. The molecular weight excluding hydrogens is 289 g/mol. The van der Waals surface area contributed by atoms with Crippen molar-refractivity contribution in [1.29, 1.82) is 0 Å². The third kappa shape index (κ3) is 3.42. The molecule has 0 aromatic heterocycles. The van der Waals surface area contributed by atoms with E-state index in [2.05, 4.69) is 4.72 Å². The molecule has 0 amide bonds. The van der Waals surface area contributed by atoms with Crippen molar-refractivity contribution in [2.75, 3.05) is 4.72 Å². The van der Waals surface area contributed by atoms with E-state index in [-0.39, 0.29) is 10.8 Å².